The fraction of sp³-hybridized carbons (Fsp3) is 0.500. The number of ether oxygens (including phenoxy) is 1. The zero-order valence-corrected chi connectivity index (χ0v) is 10.9. The summed E-state index contributed by atoms with van der Waals surface area (Å²) in [5, 5.41) is 3.49. The monoisotopic (exact) mass is 262 g/mol. The Kier molecular flexibility index (Phi) is 3.00. The van der Waals surface area contributed by atoms with Crippen LogP contribution in [0.1, 0.15) is 19.8 Å². The van der Waals surface area contributed by atoms with E-state index < -0.39 is 0 Å². The molecule has 0 saturated carbocycles. The molecule has 19 heavy (non-hydrogen) atoms. The normalized spacial score (nSPS) is 18.4. The van der Waals surface area contributed by atoms with Crippen molar-refractivity contribution >= 4 is 17.3 Å². The van der Waals surface area contributed by atoms with Crippen LogP contribution in [0.25, 0.3) is 5.65 Å². The molecule has 0 aromatic carbocycles. The summed E-state index contributed by atoms with van der Waals surface area (Å²) in [6.07, 6.45) is 7.31. The molecule has 102 valence electrons. The number of anilines is 2. The van der Waals surface area contributed by atoms with Gasteiger partial charge in [-0.05, 0) is 19.8 Å². The molecule has 0 unspecified atom stereocenters. The fourth-order valence-electron chi connectivity index (χ4n) is 2.32. The first-order chi connectivity index (χ1) is 9.20. The van der Waals surface area contributed by atoms with Crippen molar-refractivity contribution in [3.8, 4) is 0 Å². The molecule has 7 heteroatoms. The lowest BCUT2D eigenvalue weighted by molar-refractivity contribution is 0.0657. The van der Waals surface area contributed by atoms with Crippen LogP contribution in [0.5, 0.6) is 0 Å². The highest BCUT2D eigenvalue weighted by Gasteiger charge is 2.28. The van der Waals surface area contributed by atoms with Gasteiger partial charge in [0.05, 0.1) is 6.20 Å². The quantitative estimate of drug-likeness (QED) is 0.565. The summed E-state index contributed by atoms with van der Waals surface area (Å²) in [5.41, 5.74) is 3.35. The molecule has 0 atom stereocenters. The van der Waals surface area contributed by atoms with Gasteiger partial charge >= 0.3 is 0 Å². The van der Waals surface area contributed by atoms with E-state index in [1.54, 1.807) is 12.4 Å². The lowest BCUT2D eigenvalue weighted by Gasteiger charge is -2.35. The Labute approximate surface area is 111 Å². The molecular weight excluding hydrogens is 244 g/mol. The van der Waals surface area contributed by atoms with Crippen LogP contribution in [0.3, 0.4) is 0 Å². The van der Waals surface area contributed by atoms with E-state index in [0.29, 0.717) is 5.82 Å². The largest absolute Gasteiger partial charge is 0.381 e. The second-order valence-corrected chi connectivity index (χ2v) is 5.08. The maximum absolute atomic E-state index is 5.45. The molecule has 2 aromatic heterocycles. The Morgan fingerprint density at radius 2 is 2.21 bits per heavy atom. The average Bonchev–Trinajstić information content (AvgIpc) is 2.87. The summed E-state index contributed by atoms with van der Waals surface area (Å²) < 4.78 is 7.30. The van der Waals surface area contributed by atoms with Gasteiger partial charge in [0, 0.05) is 31.1 Å². The van der Waals surface area contributed by atoms with E-state index in [1.165, 1.54) is 0 Å². The third-order valence-electron chi connectivity index (χ3n) is 3.54. The van der Waals surface area contributed by atoms with Gasteiger partial charge in [-0.3, -0.25) is 0 Å². The predicted octanol–water partition coefficient (Wildman–Crippen LogP) is 0.996. The minimum absolute atomic E-state index is 0.0229. The van der Waals surface area contributed by atoms with Crippen molar-refractivity contribution in [3.05, 3.63) is 18.6 Å². The maximum Gasteiger partial charge on any atom is 0.180 e. The molecule has 1 aliphatic heterocycles. The van der Waals surface area contributed by atoms with Crippen LogP contribution >= 0.6 is 0 Å². The Morgan fingerprint density at radius 1 is 1.42 bits per heavy atom. The zero-order valence-electron chi connectivity index (χ0n) is 10.9. The van der Waals surface area contributed by atoms with Crippen molar-refractivity contribution in [1.82, 2.24) is 14.4 Å². The third kappa shape index (κ3) is 2.34. The number of imidazole rings is 1. The second kappa shape index (κ2) is 4.67. The fourth-order valence-corrected chi connectivity index (χ4v) is 2.32. The number of aromatic nitrogens is 3. The van der Waals surface area contributed by atoms with E-state index in [1.807, 2.05) is 10.6 Å². The topological polar surface area (TPSA) is 89.5 Å². The molecule has 0 bridgehead atoms. The van der Waals surface area contributed by atoms with E-state index in [4.69, 9.17) is 10.6 Å². The zero-order chi connectivity index (χ0) is 13.3. The summed E-state index contributed by atoms with van der Waals surface area (Å²) in [5.74, 6) is 6.79. The van der Waals surface area contributed by atoms with Crippen LogP contribution in [0, 0.1) is 0 Å². The van der Waals surface area contributed by atoms with E-state index >= 15 is 0 Å². The molecule has 4 N–H and O–H groups in total. The number of fused-ring (bicyclic) bond motifs is 1. The highest BCUT2D eigenvalue weighted by Crippen LogP contribution is 2.27. The lowest BCUT2D eigenvalue weighted by Crippen LogP contribution is -2.41. The number of hydrogen-bond donors (Lipinski definition) is 3. The first kappa shape index (κ1) is 12.2. The van der Waals surface area contributed by atoms with Crippen LogP contribution in [0.4, 0.5) is 11.6 Å². The number of hydrogen-bond acceptors (Lipinski definition) is 6. The minimum atomic E-state index is -0.0229. The van der Waals surface area contributed by atoms with Crippen molar-refractivity contribution < 1.29 is 4.74 Å². The molecule has 3 heterocycles. The van der Waals surface area contributed by atoms with Gasteiger partial charge in [0.15, 0.2) is 17.3 Å². The number of nitrogen functional groups attached to an aromatic ring is 1. The molecule has 0 amide bonds. The molecule has 3 rings (SSSR count). The lowest BCUT2D eigenvalue weighted by atomic mass is 9.92. The maximum atomic E-state index is 5.45. The summed E-state index contributed by atoms with van der Waals surface area (Å²) in [7, 11) is 0. The number of rotatable bonds is 3. The Morgan fingerprint density at radius 3 is 2.95 bits per heavy atom. The van der Waals surface area contributed by atoms with E-state index in [2.05, 4.69) is 27.6 Å². The van der Waals surface area contributed by atoms with Crippen LogP contribution in [-0.2, 0) is 4.74 Å². The highest BCUT2D eigenvalue weighted by atomic mass is 16.5. The number of nitrogens with zero attached hydrogens (tertiary/aromatic N) is 3. The molecule has 0 spiro atoms. The molecule has 2 aromatic rings. The van der Waals surface area contributed by atoms with Crippen LogP contribution < -0.4 is 16.6 Å². The van der Waals surface area contributed by atoms with Crippen molar-refractivity contribution in [3.63, 3.8) is 0 Å². The highest BCUT2D eigenvalue weighted by molar-refractivity contribution is 5.66. The second-order valence-electron chi connectivity index (χ2n) is 5.08. The SMILES string of the molecule is CC1(Nc2nc(NN)cn3ccnc23)CCOCC1. The number of hydrazine groups is 1. The van der Waals surface area contributed by atoms with Crippen molar-refractivity contribution in [2.45, 2.75) is 25.3 Å². The Balaban J connectivity index is 1.96. The Bertz CT molecular complexity index is 575. The summed E-state index contributed by atoms with van der Waals surface area (Å²) in [6.45, 7) is 3.71. The first-order valence-corrected chi connectivity index (χ1v) is 6.36. The van der Waals surface area contributed by atoms with E-state index in [9.17, 15) is 0 Å². The minimum Gasteiger partial charge on any atom is -0.381 e. The molecule has 1 aliphatic rings. The van der Waals surface area contributed by atoms with Gasteiger partial charge in [0.2, 0.25) is 0 Å². The number of nitrogens with two attached hydrogens (primary N) is 1. The third-order valence-corrected chi connectivity index (χ3v) is 3.54. The molecular formula is C12H18N6O. The van der Waals surface area contributed by atoms with Crippen LogP contribution in [-0.4, -0.2) is 33.1 Å². The molecule has 1 saturated heterocycles. The van der Waals surface area contributed by atoms with Gasteiger partial charge in [0.25, 0.3) is 0 Å². The van der Waals surface area contributed by atoms with Crippen LogP contribution in [0.15, 0.2) is 18.6 Å². The van der Waals surface area contributed by atoms with Crippen LogP contribution in [0.2, 0.25) is 0 Å². The molecule has 0 aliphatic carbocycles. The predicted molar refractivity (Wildman–Crippen MR) is 72.9 cm³/mol. The molecule has 0 radical (unpaired) electrons. The van der Waals surface area contributed by atoms with E-state index in [0.717, 1.165) is 37.5 Å². The summed E-state index contributed by atoms with van der Waals surface area (Å²) >= 11 is 0. The van der Waals surface area contributed by atoms with Crippen molar-refractivity contribution in [2.75, 3.05) is 24.0 Å². The smallest absolute Gasteiger partial charge is 0.180 e. The standard InChI is InChI=1S/C12H18N6O/c1-12(2-6-19-7-3-12)16-10-11-14-4-5-18(11)8-9(15-10)17-13/h4-5,8,17H,2-3,6-7,13H2,1H3,(H,15,16). The van der Waals surface area contributed by atoms with Gasteiger partial charge in [-0.1, -0.05) is 0 Å². The van der Waals surface area contributed by atoms with Crippen molar-refractivity contribution in [2.24, 2.45) is 5.84 Å². The molecule has 7 nitrogen and oxygen atoms in total. The van der Waals surface area contributed by atoms with Gasteiger partial charge in [-0.25, -0.2) is 15.8 Å². The number of nitrogens with one attached hydrogen (secondary N) is 2. The summed E-state index contributed by atoms with van der Waals surface area (Å²) in [4.78, 5) is 8.79. The van der Waals surface area contributed by atoms with Gasteiger partial charge in [-0.2, -0.15) is 0 Å². The van der Waals surface area contributed by atoms with Crippen molar-refractivity contribution in [1.29, 1.82) is 0 Å². The summed E-state index contributed by atoms with van der Waals surface area (Å²) in [6, 6.07) is 0. The Hall–Kier alpha value is -1.86. The van der Waals surface area contributed by atoms with E-state index in [-0.39, 0.29) is 5.54 Å². The van der Waals surface area contributed by atoms with Gasteiger partial charge in [0.1, 0.15) is 0 Å². The van der Waals surface area contributed by atoms with Gasteiger partial charge in [-0.15, -0.1) is 0 Å². The van der Waals surface area contributed by atoms with Gasteiger partial charge < -0.3 is 19.9 Å². The average molecular weight is 262 g/mol. The molecule has 1 fully saturated rings. The first-order valence-electron chi connectivity index (χ1n) is 6.36.